The molecule has 0 spiro atoms. The smallest absolute Gasteiger partial charge is 0.144 e. The van der Waals surface area contributed by atoms with Gasteiger partial charge in [0.2, 0.25) is 0 Å². The molecule has 2 rings (SSSR count). The third-order valence-corrected chi connectivity index (χ3v) is 3.31. The van der Waals surface area contributed by atoms with Crippen molar-refractivity contribution in [3.05, 3.63) is 47.0 Å². The number of nitrogens with one attached hydrogen (secondary N) is 1. The minimum atomic E-state index is 0.587. The molecule has 0 aliphatic heterocycles. The van der Waals surface area contributed by atoms with Crippen LogP contribution >= 0.6 is 11.6 Å². The van der Waals surface area contributed by atoms with Gasteiger partial charge in [-0.1, -0.05) is 23.7 Å². The molecular weight excluding hydrogens is 260 g/mol. The lowest BCUT2D eigenvalue weighted by molar-refractivity contribution is 0.342. The molecule has 3 N–H and O–H groups in total. The summed E-state index contributed by atoms with van der Waals surface area (Å²) in [7, 11) is 0. The van der Waals surface area contributed by atoms with Gasteiger partial charge in [-0.25, -0.2) is 0 Å². The predicted molar refractivity (Wildman–Crippen MR) is 81.5 cm³/mol. The number of hydrogen-bond acceptors (Lipinski definition) is 3. The maximum absolute atomic E-state index is 6.10. The van der Waals surface area contributed by atoms with Crippen LogP contribution in [0, 0.1) is 6.92 Å². The first-order valence-electron chi connectivity index (χ1n) is 6.17. The van der Waals surface area contributed by atoms with E-state index < -0.39 is 0 Å². The summed E-state index contributed by atoms with van der Waals surface area (Å²) in [4.78, 5) is 0. The highest BCUT2D eigenvalue weighted by Crippen LogP contribution is 2.33. The van der Waals surface area contributed by atoms with Crippen LogP contribution in [0.1, 0.15) is 12.5 Å². The Morgan fingerprint density at radius 2 is 1.84 bits per heavy atom. The molecule has 0 bridgehead atoms. The zero-order valence-corrected chi connectivity index (χ0v) is 11.8. The van der Waals surface area contributed by atoms with E-state index in [1.165, 1.54) is 0 Å². The molecule has 0 aromatic heterocycles. The fourth-order valence-corrected chi connectivity index (χ4v) is 2.00. The Hall–Kier alpha value is -1.87. The maximum atomic E-state index is 6.10. The Balaban J connectivity index is 2.33. The molecule has 0 heterocycles. The number of nitrogen functional groups attached to an aromatic ring is 1. The predicted octanol–water partition coefficient (Wildman–Crippen LogP) is 4.37. The van der Waals surface area contributed by atoms with Crippen LogP contribution in [0.4, 0.5) is 17.1 Å². The van der Waals surface area contributed by atoms with E-state index in [1.54, 1.807) is 0 Å². The molecule has 0 aliphatic rings. The number of para-hydroxylation sites is 1. The van der Waals surface area contributed by atoms with E-state index in [0.717, 1.165) is 22.0 Å². The second-order valence-electron chi connectivity index (χ2n) is 4.19. The molecule has 2 aromatic carbocycles. The van der Waals surface area contributed by atoms with E-state index >= 15 is 0 Å². The summed E-state index contributed by atoms with van der Waals surface area (Å²) in [6.07, 6.45) is 0. The topological polar surface area (TPSA) is 47.3 Å². The van der Waals surface area contributed by atoms with Crippen molar-refractivity contribution in [1.82, 2.24) is 0 Å². The van der Waals surface area contributed by atoms with Gasteiger partial charge >= 0.3 is 0 Å². The summed E-state index contributed by atoms with van der Waals surface area (Å²) in [5, 5.41) is 4.02. The highest BCUT2D eigenvalue weighted by atomic mass is 35.5. The van der Waals surface area contributed by atoms with Crippen molar-refractivity contribution in [2.24, 2.45) is 0 Å². The first-order chi connectivity index (χ1) is 9.13. The zero-order chi connectivity index (χ0) is 13.8. The third kappa shape index (κ3) is 2.93. The van der Waals surface area contributed by atoms with Crippen molar-refractivity contribution in [3.63, 3.8) is 0 Å². The van der Waals surface area contributed by atoms with Crippen molar-refractivity contribution in [3.8, 4) is 5.75 Å². The lowest BCUT2D eigenvalue weighted by Crippen LogP contribution is -2.01. The largest absolute Gasteiger partial charge is 0.492 e. The number of anilines is 3. The summed E-state index contributed by atoms with van der Waals surface area (Å²) in [6.45, 7) is 4.48. The number of rotatable bonds is 4. The quantitative estimate of drug-likeness (QED) is 0.815. The molecule has 0 atom stereocenters. The fraction of sp³-hybridized carbons (Fsp3) is 0.200. The van der Waals surface area contributed by atoms with Crippen LogP contribution in [-0.4, -0.2) is 6.61 Å². The lowest BCUT2D eigenvalue weighted by Gasteiger charge is -2.15. The number of hydrogen-bond donors (Lipinski definition) is 2. The average Bonchev–Trinajstić information content (AvgIpc) is 2.40. The van der Waals surface area contributed by atoms with E-state index in [2.05, 4.69) is 5.32 Å². The number of ether oxygens (including phenoxy) is 1. The molecule has 0 fully saturated rings. The Morgan fingerprint density at radius 3 is 2.58 bits per heavy atom. The van der Waals surface area contributed by atoms with Crippen molar-refractivity contribution < 1.29 is 4.74 Å². The summed E-state index contributed by atoms with van der Waals surface area (Å²) in [5.74, 6) is 0.687. The molecule has 0 amide bonds. The standard InChI is InChI=1S/C15H17ClN2O/c1-3-19-14-9-5-8-13(15(14)17)18-12-7-4-6-11(16)10(12)2/h4-9,18H,3,17H2,1-2H3. The van der Waals surface area contributed by atoms with Gasteiger partial charge in [0, 0.05) is 10.7 Å². The third-order valence-electron chi connectivity index (χ3n) is 2.90. The van der Waals surface area contributed by atoms with Gasteiger partial charge in [-0.2, -0.15) is 0 Å². The number of nitrogens with two attached hydrogens (primary N) is 1. The van der Waals surface area contributed by atoms with Gasteiger partial charge in [0.1, 0.15) is 5.75 Å². The van der Waals surface area contributed by atoms with Crippen LogP contribution in [-0.2, 0) is 0 Å². The molecule has 19 heavy (non-hydrogen) atoms. The number of benzene rings is 2. The number of halogens is 1. The normalized spacial score (nSPS) is 10.3. The molecule has 0 radical (unpaired) electrons. The van der Waals surface area contributed by atoms with Crippen molar-refractivity contribution >= 4 is 28.7 Å². The summed E-state index contributed by atoms with van der Waals surface area (Å²) < 4.78 is 5.48. The highest BCUT2D eigenvalue weighted by Gasteiger charge is 2.08. The highest BCUT2D eigenvalue weighted by molar-refractivity contribution is 6.31. The minimum Gasteiger partial charge on any atom is -0.492 e. The molecule has 100 valence electrons. The van der Waals surface area contributed by atoms with Gasteiger partial charge in [0.05, 0.1) is 18.0 Å². The van der Waals surface area contributed by atoms with Gasteiger partial charge < -0.3 is 15.8 Å². The molecule has 0 saturated heterocycles. The Kier molecular flexibility index (Phi) is 4.17. The second-order valence-corrected chi connectivity index (χ2v) is 4.59. The van der Waals surface area contributed by atoms with Gasteiger partial charge in [-0.05, 0) is 43.7 Å². The minimum absolute atomic E-state index is 0.587. The second kappa shape index (κ2) is 5.85. The molecule has 0 unspecified atom stereocenters. The Labute approximate surface area is 118 Å². The fourth-order valence-electron chi connectivity index (χ4n) is 1.82. The molecule has 0 aliphatic carbocycles. The molecule has 3 nitrogen and oxygen atoms in total. The van der Waals surface area contributed by atoms with Crippen LogP contribution in [0.3, 0.4) is 0 Å². The van der Waals surface area contributed by atoms with E-state index in [-0.39, 0.29) is 0 Å². The van der Waals surface area contributed by atoms with Gasteiger partial charge in [0.25, 0.3) is 0 Å². The van der Waals surface area contributed by atoms with Crippen molar-refractivity contribution in [1.29, 1.82) is 0 Å². The molecule has 2 aromatic rings. The van der Waals surface area contributed by atoms with Crippen molar-refractivity contribution in [2.45, 2.75) is 13.8 Å². The average molecular weight is 277 g/mol. The van der Waals surface area contributed by atoms with E-state index in [1.807, 2.05) is 50.2 Å². The first-order valence-corrected chi connectivity index (χ1v) is 6.54. The van der Waals surface area contributed by atoms with Crippen LogP contribution < -0.4 is 15.8 Å². The van der Waals surface area contributed by atoms with Gasteiger partial charge in [0.15, 0.2) is 0 Å². The van der Waals surface area contributed by atoms with Crippen LogP contribution in [0.25, 0.3) is 0 Å². The Morgan fingerprint density at radius 1 is 1.16 bits per heavy atom. The van der Waals surface area contributed by atoms with E-state index in [9.17, 15) is 0 Å². The molecular formula is C15H17ClN2O. The maximum Gasteiger partial charge on any atom is 0.144 e. The summed E-state index contributed by atoms with van der Waals surface area (Å²) in [5.41, 5.74) is 9.43. The molecule has 4 heteroatoms. The summed E-state index contributed by atoms with van der Waals surface area (Å²) in [6, 6.07) is 11.4. The molecule has 0 saturated carbocycles. The Bertz CT molecular complexity index is 584. The van der Waals surface area contributed by atoms with E-state index in [0.29, 0.717) is 18.0 Å². The van der Waals surface area contributed by atoms with Crippen LogP contribution in [0.15, 0.2) is 36.4 Å². The van der Waals surface area contributed by atoms with Gasteiger partial charge in [-0.15, -0.1) is 0 Å². The SMILES string of the molecule is CCOc1cccc(Nc2cccc(Cl)c2C)c1N. The van der Waals surface area contributed by atoms with E-state index in [4.69, 9.17) is 22.1 Å². The van der Waals surface area contributed by atoms with Gasteiger partial charge in [-0.3, -0.25) is 0 Å². The van der Waals surface area contributed by atoms with Crippen LogP contribution in [0.2, 0.25) is 5.02 Å². The lowest BCUT2D eigenvalue weighted by atomic mass is 10.1. The monoisotopic (exact) mass is 276 g/mol. The van der Waals surface area contributed by atoms with Crippen molar-refractivity contribution in [2.75, 3.05) is 17.7 Å². The zero-order valence-electron chi connectivity index (χ0n) is 11.0. The van der Waals surface area contributed by atoms with Crippen LogP contribution in [0.5, 0.6) is 5.75 Å². The first kappa shape index (κ1) is 13.6. The summed E-state index contributed by atoms with van der Waals surface area (Å²) >= 11 is 6.10.